The van der Waals surface area contributed by atoms with E-state index in [0.29, 0.717) is 35.4 Å². The van der Waals surface area contributed by atoms with Crippen molar-refractivity contribution in [2.24, 2.45) is 7.05 Å². The molecule has 14 heteroatoms. The van der Waals surface area contributed by atoms with E-state index >= 15 is 0 Å². The number of nitrogens with zero attached hydrogens (tertiary/aromatic N) is 7. The lowest BCUT2D eigenvalue weighted by Gasteiger charge is -2.50. The number of aromatic nitrogens is 6. The molecule has 4 heterocycles. The SMILES string of the molecule is COC1([C@H]2C(=O)Nc3c(C)nc(NCc4cnn(Cc5cc(C(F)(F)F)nn5C)c4)nc3N2C)CCC1. The Hall–Kier alpha value is -3.68. The first-order valence-corrected chi connectivity index (χ1v) is 11.8. The van der Waals surface area contributed by atoms with Crippen molar-refractivity contribution in [3.8, 4) is 0 Å². The Bertz CT molecular complexity index is 1320. The number of anilines is 3. The molecule has 0 radical (unpaired) electrons. The molecule has 198 valence electrons. The van der Waals surface area contributed by atoms with Crippen molar-refractivity contribution in [3.05, 3.63) is 41.1 Å². The van der Waals surface area contributed by atoms with Crippen molar-refractivity contribution in [1.29, 1.82) is 0 Å². The molecule has 2 aliphatic rings. The number of aryl methyl sites for hydroxylation is 2. The standard InChI is InChI=1S/C23H28F3N9O2/c1-13-17-19(33(2)18(20(36)30-17)22(37-4)6-5-7-22)31-21(29-13)27-9-14-10-28-35(11-14)12-15-8-16(23(24,25)26)32-34(15)3/h8,10-11,18H,5-7,9,12H2,1-4H3,(H,30,36)(H,27,29,31)/t18-/m1/s1. The third kappa shape index (κ3) is 4.49. The van der Waals surface area contributed by atoms with E-state index < -0.39 is 23.5 Å². The number of halogens is 3. The minimum atomic E-state index is -4.50. The van der Waals surface area contributed by atoms with Crippen LogP contribution in [0.5, 0.6) is 0 Å². The van der Waals surface area contributed by atoms with E-state index in [0.717, 1.165) is 30.9 Å². The molecule has 3 aromatic rings. The number of carbonyl (C=O) groups excluding carboxylic acids is 1. The summed E-state index contributed by atoms with van der Waals surface area (Å²) in [7, 11) is 4.94. The lowest BCUT2D eigenvalue weighted by Crippen LogP contribution is -2.64. The molecule has 0 aromatic carbocycles. The summed E-state index contributed by atoms with van der Waals surface area (Å²) in [5.74, 6) is 0.856. The number of nitrogens with one attached hydrogen (secondary N) is 2. The lowest BCUT2D eigenvalue weighted by atomic mass is 9.73. The van der Waals surface area contributed by atoms with Gasteiger partial charge in [-0.05, 0) is 32.3 Å². The molecular formula is C23H28F3N9O2. The minimum Gasteiger partial charge on any atom is -0.376 e. The van der Waals surface area contributed by atoms with Crippen molar-refractivity contribution in [1.82, 2.24) is 29.5 Å². The van der Waals surface area contributed by atoms with Gasteiger partial charge in [-0.3, -0.25) is 14.2 Å². The Labute approximate surface area is 211 Å². The van der Waals surface area contributed by atoms with Gasteiger partial charge in [0.15, 0.2) is 11.5 Å². The number of carbonyl (C=O) groups is 1. The molecule has 1 saturated carbocycles. The van der Waals surface area contributed by atoms with Crippen LogP contribution >= 0.6 is 0 Å². The molecule has 0 spiro atoms. The molecular weight excluding hydrogens is 491 g/mol. The van der Waals surface area contributed by atoms with Gasteiger partial charge in [0, 0.05) is 39.5 Å². The first kappa shape index (κ1) is 25.0. The van der Waals surface area contributed by atoms with Crippen molar-refractivity contribution >= 4 is 23.4 Å². The summed E-state index contributed by atoms with van der Waals surface area (Å²) < 4.78 is 47.3. The third-order valence-corrected chi connectivity index (χ3v) is 7.12. The van der Waals surface area contributed by atoms with Crippen LogP contribution in [-0.4, -0.2) is 61.2 Å². The van der Waals surface area contributed by atoms with Crippen LogP contribution in [-0.2, 0) is 35.8 Å². The fraction of sp³-hybridized carbons (Fsp3) is 0.522. The van der Waals surface area contributed by atoms with E-state index in [1.165, 1.54) is 11.7 Å². The molecule has 37 heavy (non-hydrogen) atoms. The zero-order valence-electron chi connectivity index (χ0n) is 20.9. The van der Waals surface area contributed by atoms with Gasteiger partial charge in [-0.2, -0.15) is 28.4 Å². The maximum Gasteiger partial charge on any atom is 0.435 e. The Morgan fingerprint density at radius 1 is 1.27 bits per heavy atom. The van der Waals surface area contributed by atoms with Crippen molar-refractivity contribution in [2.75, 3.05) is 29.7 Å². The Morgan fingerprint density at radius 2 is 2.03 bits per heavy atom. The molecule has 1 aliphatic heterocycles. The summed E-state index contributed by atoms with van der Waals surface area (Å²) in [5.41, 5.74) is 0.900. The molecule has 5 rings (SSSR count). The van der Waals surface area contributed by atoms with Gasteiger partial charge in [-0.15, -0.1) is 0 Å². The highest BCUT2D eigenvalue weighted by Crippen LogP contribution is 2.44. The van der Waals surface area contributed by atoms with E-state index in [-0.39, 0.29) is 12.5 Å². The summed E-state index contributed by atoms with van der Waals surface area (Å²) in [6, 6.07) is 0.521. The highest BCUT2D eigenvalue weighted by Gasteiger charge is 2.52. The summed E-state index contributed by atoms with van der Waals surface area (Å²) in [6.07, 6.45) is 1.47. The fourth-order valence-corrected chi connectivity index (χ4v) is 4.96. The van der Waals surface area contributed by atoms with E-state index in [1.807, 2.05) is 11.9 Å². The Kier molecular flexibility index (Phi) is 6.09. The van der Waals surface area contributed by atoms with Gasteiger partial charge >= 0.3 is 6.18 Å². The summed E-state index contributed by atoms with van der Waals surface area (Å²) >= 11 is 0. The second kappa shape index (κ2) is 9.01. The highest BCUT2D eigenvalue weighted by atomic mass is 19.4. The van der Waals surface area contributed by atoms with Crippen LogP contribution in [0, 0.1) is 6.92 Å². The number of alkyl halides is 3. The second-order valence-corrected chi connectivity index (χ2v) is 9.50. The summed E-state index contributed by atoms with van der Waals surface area (Å²) in [4.78, 5) is 23.9. The van der Waals surface area contributed by atoms with E-state index in [2.05, 4.69) is 30.8 Å². The minimum absolute atomic E-state index is 0.132. The van der Waals surface area contributed by atoms with Gasteiger partial charge in [0.05, 0.1) is 29.7 Å². The van der Waals surface area contributed by atoms with Crippen molar-refractivity contribution in [3.63, 3.8) is 0 Å². The van der Waals surface area contributed by atoms with Crippen LogP contribution in [0.1, 0.15) is 41.9 Å². The monoisotopic (exact) mass is 519 g/mol. The molecule has 3 aromatic heterocycles. The van der Waals surface area contributed by atoms with Crippen LogP contribution < -0.4 is 15.5 Å². The number of hydrogen-bond acceptors (Lipinski definition) is 8. The zero-order valence-corrected chi connectivity index (χ0v) is 20.9. The molecule has 1 atom stereocenters. The van der Waals surface area contributed by atoms with Gasteiger partial charge in [0.1, 0.15) is 11.7 Å². The van der Waals surface area contributed by atoms with Crippen molar-refractivity contribution in [2.45, 2.75) is 57.1 Å². The number of ether oxygens (including phenoxy) is 1. The smallest absolute Gasteiger partial charge is 0.376 e. The van der Waals surface area contributed by atoms with Crippen LogP contribution in [0.2, 0.25) is 0 Å². The fourth-order valence-electron chi connectivity index (χ4n) is 4.96. The number of amides is 1. The number of fused-ring (bicyclic) bond motifs is 1. The van der Waals surface area contributed by atoms with Gasteiger partial charge in [0.2, 0.25) is 11.9 Å². The van der Waals surface area contributed by atoms with Crippen LogP contribution in [0.4, 0.5) is 30.6 Å². The highest BCUT2D eigenvalue weighted by molar-refractivity contribution is 6.04. The summed E-state index contributed by atoms with van der Waals surface area (Å²) in [6.45, 7) is 2.29. The molecule has 1 aliphatic carbocycles. The number of rotatable bonds is 7. The normalized spacial score (nSPS) is 18.8. The van der Waals surface area contributed by atoms with E-state index in [4.69, 9.17) is 4.74 Å². The number of likely N-dealkylation sites (N-methyl/N-ethyl adjacent to an activating group) is 1. The molecule has 11 nitrogen and oxygen atoms in total. The third-order valence-electron chi connectivity index (χ3n) is 7.12. The molecule has 1 amide bonds. The molecule has 0 bridgehead atoms. The van der Waals surface area contributed by atoms with Gasteiger partial charge < -0.3 is 20.3 Å². The topological polar surface area (TPSA) is 115 Å². The van der Waals surface area contributed by atoms with Crippen LogP contribution in [0.15, 0.2) is 18.5 Å². The zero-order chi connectivity index (χ0) is 26.5. The Morgan fingerprint density at radius 3 is 2.65 bits per heavy atom. The van der Waals surface area contributed by atoms with Crippen LogP contribution in [0.25, 0.3) is 0 Å². The van der Waals surface area contributed by atoms with E-state index in [1.54, 1.807) is 31.1 Å². The maximum absolute atomic E-state index is 12.9. The summed E-state index contributed by atoms with van der Waals surface area (Å²) in [5, 5.41) is 13.9. The van der Waals surface area contributed by atoms with E-state index in [9.17, 15) is 18.0 Å². The predicted octanol–water partition coefficient (Wildman–Crippen LogP) is 2.72. The number of methoxy groups -OCH3 is 1. The molecule has 1 fully saturated rings. The largest absolute Gasteiger partial charge is 0.435 e. The maximum atomic E-state index is 12.9. The first-order chi connectivity index (χ1) is 17.5. The predicted molar refractivity (Wildman–Crippen MR) is 128 cm³/mol. The first-order valence-electron chi connectivity index (χ1n) is 11.8. The average molecular weight is 520 g/mol. The Balaban J connectivity index is 1.29. The second-order valence-electron chi connectivity index (χ2n) is 9.50. The lowest BCUT2D eigenvalue weighted by molar-refractivity contribution is -0.141. The quantitative estimate of drug-likeness (QED) is 0.490. The average Bonchev–Trinajstić information content (AvgIpc) is 3.41. The number of hydrogen-bond donors (Lipinski definition) is 2. The molecule has 0 saturated heterocycles. The molecule has 0 unspecified atom stereocenters. The van der Waals surface area contributed by atoms with Gasteiger partial charge in [0.25, 0.3) is 0 Å². The van der Waals surface area contributed by atoms with Gasteiger partial charge in [-0.1, -0.05) is 0 Å². The molecule has 2 N–H and O–H groups in total. The van der Waals surface area contributed by atoms with Gasteiger partial charge in [-0.25, -0.2) is 4.98 Å². The van der Waals surface area contributed by atoms with Crippen molar-refractivity contribution < 1.29 is 22.7 Å². The van der Waals surface area contributed by atoms with Crippen LogP contribution in [0.3, 0.4) is 0 Å².